The first-order valence-electron chi connectivity index (χ1n) is 8.17. The van der Waals surface area contributed by atoms with E-state index in [2.05, 4.69) is 69.5 Å². The Balaban J connectivity index is 2.76. The molecule has 0 unspecified atom stereocenters. The van der Waals surface area contributed by atoms with Crippen molar-refractivity contribution in [2.75, 3.05) is 13.2 Å². The van der Waals surface area contributed by atoms with E-state index >= 15 is 0 Å². The lowest BCUT2D eigenvalue weighted by Gasteiger charge is -2.23. The molecule has 0 spiro atoms. The number of hydrogen-bond acceptors (Lipinski definition) is 2. The van der Waals surface area contributed by atoms with Crippen molar-refractivity contribution in [2.45, 2.75) is 59.7 Å². The molecule has 0 amide bonds. The van der Waals surface area contributed by atoms with Gasteiger partial charge in [0.25, 0.3) is 0 Å². The fraction of sp³-hybridized carbons (Fsp3) is 0.611. The first-order valence-corrected chi connectivity index (χ1v) is 8.17. The van der Waals surface area contributed by atoms with Crippen LogP contribution in [-0.2, 0) is 17.9 Å². The smallest absolute Gasteiger partial charge is 0.191 e. The highest BCUT2D eigenvalue weighted by Gasteiger charge is 2.11. The quantitative estimate of drug-likeness (QED) is 0.461. The van der Waals surface area contributed by atoms with Crippen LogP contribution in [0.1, 0.15) is 52.2 Å². The van der Waals surface area contributed by atoms with Crippen molar-refractivity contribution in [1.29, 1.82) is 0 Å². The van der Waals surface area contributed by atoms with Crippen molar-refractivity contribution in [3.8, 4) is 0 Å². The van der Waals surface area contributed by atoms with Gasteiger partial charge >= 0.3 is 0 Å². The van der Waals surface area contributed by atoms with E-state index < -0.39 is 0 Å². The van der Waals surface area contributed by atoms with Crippen LogP contribution in [0.25, 0.3) is 0 Å². The molecule has 0 aliphatic carbocycles. The lowest BCUT2D eigenvalue weighted by atomic mass is 10.1. The molecule has 0 atom stereocenters. The second-order valence-corrected chi connectivity index (χ2v) is 6.39. The molecule has 1 rings (SSSR count). The fourth-order valence-electron chi connectivity index (χ4n) is 2.01. The van der Waals surface area contributed by atoms with Crippen LogP contribution in [0.15, 0.2) is 29.3 Å². The molecule has 1 aromatic rings. The lowest BCUT2D eigenvalue weighted by molar-refractivity contribution is 0.121. The zero-order chi connectivity index (χ0) is 16.4. The molecule has 0 aromatic heterocycles. The molecule has 0 fully saturated rings. The van der Waals surface area contributed by atoms with Gasteiger partial charge in [-0.25, -0.2) is 4.99 Å². The molecule has 124 valence electrons. The number of benzene rings is 1. The molecule has 1 aromatic carbocycles. The zero-order valence-electron chi connectivity index (χ0n) is 14.7. The Bertz CT molecular complexity index is 464. The number of hydrogen-bond donors (Lipinski definition) is 2. The number of aliphatic imine (C=N–C) groups is 1. The molecular weight excluding hydrogens is 274 g/mol. The standard InChI is InChI=1S/C18H31N3O/c1-6-12-22-14-16-11-9-8-10-15(16)13-20-17(19-7-2)21-18(3,4)5/h8-11H,6-7,12-14H2,1-5H3,(H2,19,20,21). The summed E-state index contributed by atoms with van der Waals surface area (Å²) in [5.74, 6) is 0.847. The Morgan fingerprint density at radius 3 is 2.41 bits per heavy atom. The van der Waals surface area contributed by atoms with Gasteiger partial charge < -0.3 is 15.4 Å². The second kappa shape index (κ2) is 9.46. The number of rotatable bonds is 7. The van der Waals surface area contributed by atoms with E-state index in [1.165, 1.54) is 11.1 Å². The summed E-state index contributed by atoms with van der Waals surface area (Å²) >= 11 is 0. The third-order valence-corrected chi connectivity index (χ3v) is 2.97. The van der Waals surface area contributed by atoms with Crippen LogP contribution >= 0.6 is 0 Å². The molecular formula is C18H31N3O. The van der Waals surface area contributed by atoms with Crippen molar-refractivity contribution in [3.63, 3.8) is 0 Å². The van der Waals surface area contributed by atoms with Crippen molar-refractivity contribution < 1.29 is 4.74 Å². The SMILES string of the molecule is CCCOCc1ccccc1CN=C(NCC)NC(C)(C)C. The number of guanidine groups is 1. The molecule has 4 heteroatoms. The third kappa shape index (κ3) is 7.46. The Morgan fingerprint density at radius 1 is 1.14 bits per heavy atom. The number of nitrogens with one attached hydrogen (secondary N) is 2. The topological polar surface area (TPSA) is 45.6 Å². The maximum Gasteiger partial charge on any atom is 0.191 e. The van der Waals surface area contributed by atoms with Crippen LogP contribution < -0.4 is 10.6 Å². The Hall–Kier alpha value is -1.55. The molecule has 4 nitrogen and oxygen atoms in total. The van der Waals surface area contributed by atoms with Gasteiger partial charge in [-0.2, -0.15) is 0 Å². The number of ether oxygens (including phenoxy) is 1. The van der Waals surface area contributed by atoms with E-state index in [0.717, 1.165) is 25.5 Å². The molecule has 0 radical (unpaired) electrons. The monoisotopic (exact) mass is 305 g/mol. The van der Waals surface area contributed by atoms with Crippen molar-refractivity contribution in [3.05, 3.63) is 35.4 Å². The van der Waals surface area contributed by atoms with Gasteiger partial charge in [-0.3, -0.25) is 0 Å². The summed E-state index contributed by atoms with van der Waals surface area (Å²) in [6, 6.07) is 8.34. The van der Waals surface area contributed by atoms with Gasteiger partial charge in [0.15, 0.2) is 5.96 Å². The molecule has 0 saturated carbocycles. The van der Waals surface area contributed by atoms with Crippen molar-refractivity contribution >= 4 is 5.96 Å². The average Bonchev–Trinajstić information content (AvgIpc) is 2.45. The third-order valence-electron chi connectivity index (χ3n) is 2.97. The minimum atomic E-state index is -0.00917. The molecule has 0 heterocycles. The second-order valence-electron chi connectivity index (χ2n) is 6.39. The fourth-order valence-corrected chi connectivity index (χ4v) is 2.01. The van der Waals surface area contributed by atoms with Crippen molar-refractivity contribution in [2.24, 2.45) is 4.99 Å². The first-order chi connectivity index (χ1) is 10.5. The minimum Gasteiger partial charge on any atom is -0.377 e. The van der Waals surface area contributed by atoms with Gasteiger partial charge in [-0.15, -0.1) is 0 Å². The summed E-state index contributed by atoms with van der Waals surface area (Å²) in [5, 5.41) is 6.70. The summed E-state index contributed by atoms with van der Waals surface area (Å²) in [5.41, 5.74) is 2.42. The zero-order valence-corrected chi connectivity index (χ0v) is 14.7. The molecule has 0 bridgehead atoms. The van der Waals surface area contributed by atoms with Gasteiger partial charge in [0.05, 0.1) is 13.2 Å². The van der Waals surface area contributed by atoms with Gasteiger partial charge in [-0.1, -0.05) is 31.2 Å². The van der Waals surface area contributed by atoms with Crippen LogP contribution in [0.4, 0.5) is 0 Å². The molecule has 0 aliphatic rings. The predicted octanol–water partition coefficient (Wildman–Crippen LogP) is 3.47. The maximum absolute atomic E-state index is 5.66. The van der Waals surface area contributed by atoms with E-state index in [0.29, 0.717) is 13.2 Å². The van der Waals surface area contributed by atoms with Crippen LogP contribution in [0.3, 0.4) is 0 Å². The largest absolute Gasteiger partial charge is 0.377 e. The highest BCUT2D eigenvalue weighted by molar-refractivity contribution is 5.80. The van der Waals surface area contributed by atoms with Gasteiger partial charge in [0, 0.05) is 18.7 Å². The van der Waals surface area contributed by atoms with E-state index in [9.17, 15) is 0 Å². The lowest BCUT2D eigenvalue weighted by Crippen LogP contribution is -2.47. The normalized spacial score (nSPS) is 12.3. The molecule has 0 aliphatic heterocycles. The Morgan fingerprint density at radius 2 is 1.82 bits per heavy atom. The Kier molecular flexibility index (Phi) is 7.96. The van der Waals surface area contributed by atoms with Crippen LogP contribution in [0.2, 0.25) is 0 Å². The van der Waals surface area contributed by atoms with E-state index in [1.54, 1.807) is 0 Å². The summed E-state index contributed by atoms with van der Waals surface area (Å²) < 4.78 is 5.66. The van der Waals surface area contributed by atoms with Crippen LogP contribution in [-0.4, -0.2) is 24.7 Å². The van der Waals surface area contributed by atoms with E-state index in [-0.39, 0.29) is 5.54 Å². The first kappa shape index (κ1) is 18.5. The molecule has 2 N–H and O–H groups in total. The summed E-state index contributed by atoms with van der Waals surface area (Å²) in [6.07, 6.45) is 1.04. The minimum absolute atomic E-state index is 0.00917. The van der Waals surface area contributed by atoms with Gasteiger partial charge in [-0.05, 0) is 45.2 Å². The Labute approximate surface area is 135 Å². The van der Waals surface area contributed by atoms with Crippen LogP contribution in [0, 0.1) is 0 Å². The van der Waals surface area contributed by atoms with Crippen LogP contribution in [0.5, 0.6) is 0 Å². The van der Waals surface area contributed by atoms with E-state index in [4.69, 9.17) is 9.73 Å². The highest BCUT2D eigenvalue weighted by atomic mass is 16.5. The maximum atomic E-state index is 5.66. The predicted molar refractivity (Wildman–Crippen MR) is 94.1 cm³/mol. The number of nitrogens with zero attached hydrogens (tertiary/aromatic N) is 1. The van der Waals surface area contributed by atoms with Gasteiger partial charge in [0.1, 0.15) is 0 Å². The van der Waals surface area contributed by atoms with Gasteiger partial charge in [0.2, 0.25) is 0 Å². The molecule has 22 heavy (non-hydrogen) atoms. The highest BCUT2D eigenvalue weighted by Crippen LogP contribution is 2.12. The van der Waals surface area contributed by atoms with Crippen molar-refractivity contribution in [1.82, 2.24) is 10.6 Å². The average molecular weight is 305 g/mol. The molecule has 0 saturated heterocycles. The summed E-state index contributed by atoms with van der Waals surface area (Å²) in [6.45, 7) is 13.5. The van der Waals surface area contributed by atoms with E-state index in [1.807, 2.05) is 0 Å². The summed E-state index contributed by atoms with van der Waals surface area (Å²) in [7, 11) is 0. The summed E-state index contributed by atoms with van der Waals surface area (Å²) in [4.78, 5) is 4.70.